The maximum atomic E-state index is 9.77. The van der Waals surface area contributed by atoms with E-state index in [9.17, 15) is 5.11 Å². The molecule has 2 saturated carbocycles. The Morgan fingerprint density at radius 2 is 2.21 bits per heavy atom. The van der Waals surface area contributed by atoms with Crippen LogP contribution in [0.1, 0.15) is 44.9 Å². The fourth-order valence-corrected chi connectivity index (χ4v) is 3.38. The molecule has 0 spiro atoms. The minimum Gasteiger partial charge on any atom is -0.393 e. The van der Waals surface area contributed by atoms with Crippen molar-refractivity contribution < 1.29 is 5.11 Å². The molecular formula is C13H20O. The molecule has 0 heterocycles. The van der Waals surface area contributed by atoms with Crippen molar-refractivity contribution in [1.29, 1.82) is 0 Å². The van der Waals surface area contributed by atoms with Crippen LogP contribution in [0.5, 0.6) is 0 Å². The normalized spacial score (nSPS) is 37.0. The van der Waals surface area contributed by atoms with Gasteiger partial charge in [0, 0.05) is 6.42 Å². The van der Waals surface area contributed by atoms with Gasteiger partial charge < -0.3 is 5.11 Å². The van der Waals surface area contributed by atoms with E-state index in [4.69, 9.17) is 6.42 Å². The first-order valence-electron chi connectivity index (χ1n) is 5.91. The van der Waals surface area contributed by atoms with E-state index in [0.29, 0.717) is 0 Å². The number of terminal acetylenes is 1. The van der Waals surface area contributed by atoms with Crippen molar-refractivity contribution in [3.8, 4) is 12.3 Å². The molecule has 4 atom stereocenters. The van der Waals surface area contributed by atoms with Gasteiger partial charge in [0.05, 0.1) is 6.10 Å². The molecule has 4 unspecified atom stereocenters. The third-order valence-corrected chi connectivity index (χ3v) is 4.08. The monoisotopic (exact) mass is 192 g/mol. The van der Waals surface area contributed by atoms with Gasteiger partial charge in [-0.05, 0) is 49.9 Å². The van der Waals surface area contributed by atoms with Crippen molar-refractivity contribution >= 4 is 0 Å². The van der Waals surface area contributed by atoms with Gasteiger partial charge in [-0.1, -0.05) is 6.42 Å². The molecule has 1 heteroatoms. The van der Waals surface area contributed by atoms with E-state index in [1.54, 1.807) is 0 Å². The summed E-state index contributed by atoms with van der Waals surface area (Å²) in [5.41, 5.74) is 0. The second-order valence-corrected chi connectivity index (χ2v) is 5.07. The van der Waals surface area contributed by atoms with Gasteiger partial charge in [0.25, 0.3) is 0 Å². The first kappa shape index (κ1) is 10.1. The third-order valence-electron chi connectivity index (χ3n) is 4.08. The van der Waals surface area contributed by atoms with Crippen molar-refractivity contribution in [2.24, 2.45) is 17.8 Å². The molecule has 0 amide bonds. The molecule has 0 aromatic heterocycles. The van der Waals surface area contributed by atoms with Crippen LogP contribution in [0.2, 0.25) is 0 Å². The molecule has 14 heavy (non-hydrogen) atoms. The molecule has 0 aliphatic heterocycles. The van der Waals surface area contributed by atoms with Gasteiger partial charge in [0.2, 0.25) is 0 Å². The highest BCUT2D eigenvalue weighted by Crippen LogP contribution is 2.49. The van der Waals surface area contributed by atoms with Gasteiger partial charge in [-0.15, -0.1) is 12.3 Å². The van der Waals surface area contributed by atoms with Crippen LogP contribution in [-0.2, 0) is 0 Å². The SMILES string of the molecule is C#CCCC(O)CC1CC2CCC1C2. The molecule has 2 aliphatic rings. The highest BCUT2D eigenvalue weighted by atomic mass is 16.3. The zero-order chi connectivity index (χ0) is 9.97. The maximum absolute atomic E-state index is 9.77. The number of hydrogen-bond donors (Lipinski definition) is 1. The van der Waals surface area contributed by atoms with Crippen LogP contribution in [0.15, 0.2) is 0 Å². The summed E-state index contributed by atoms with van der Waals surface area (Å²) in [5.74, 6) is 5.33. The Kier molecular flexibility index (Phi) is 3.13. The first-order chi connectivity index (χ1) is 6.79. The Bertz CT molecular complexity index is 228. The van der Waals surface area contributed by atoms with Gasteiger partial charge >= 0.3 is 0 Å². The van der Waals surface area contributed by atoms with Gasteiger partial charge in [0.15, 0.2) is 0 Å². The van der Waals surface area contributed by atoms with Crippen molar-refractivity contribution in [3.63, 3.8) is 0 Å². The Hall–Kier alpha value is -0.480. The summed E-state index contributed by atoms with van der Waals surface area (Å²) >= 11 is 0. The smallest absolute Gasteiger partial charge is 0.0552 e. The molecule has 2 aliphatic carbocycles. The first-order valence-corrected chi connectivity index (χ1v) is 5.91. The fourth-order valence-electron chi connectivity index (χ4n) is 3.38. The largest absolute Gasteiger partial charge is 0.393 e. The summed E-state index contributed by atoms with van der Waals surface area (Å²) in [5, 5.41) is 9.77. The van der Waals surface area contributed by atoms with Crippen LogP contribution in [0.3, 0.4) is 0 Å². The topological polar surface area (TPSA) is 20.2 Å². The molecule has 2 bridgehead atoms. The minimum absolute atomic E-state index is 0.143. The Morgan fingerprint density at radius 3 is 2.79 bits per heavy atom. The second kappa shape index (κ2) is 4.36. The van der Waals surface area contributed by atoms with E-state index in [1.807, 2.05) is 0 Å². The summed E-state index contributed by atoms with van der Waals surface area (Å²) in [6.07, 6.45) is 13.2. The van der Waals surface area contributed by atoms with E-state index in [2.05, 4.69) is 5.92 Å². The standard InChI is InChI=1S/C13H20O/c1-2-3-4-13(14)9-12-8-10-5-6-11(12)7-10/h1,10-14H,3-9H2. The van der Waals surface area contributed by atoms with Crippen LogP contribution in [0.4, 0.5) is 0 Å². The van der Waals surface area contributed by atoms with E-state index < -0.39 is 0 Å². The van der Waals surface area contributed by atoms with Crippen molar-refractivity contribution in [1.82, 2.24) is 0 Å². The molecule has 2 fully saturated rings. The predicted octanol–water partition coefficient (Wildman–Crippen LogP) is 2.59. The Labute approximate surface area is 86.9 Å². The van der Waals surface area contributed by atoms with Gasteiger partial charge in [-0.3, -0.25) is 0 Å². The average molecular weight is 192 g/mol. The molecule has 2 rings (SSSR count). The number of aliphatic hydroxyl groups is 1. The van der Waals surface area contributed by atoms with E-state index >= 15 is 0 Å². The van der Waals surface area contributed by atoms with Crippen LogP contribution in [-0.4, -0.2) is 11.2 Å². The molecule has 0 radical (unpaired) electrons. The number of rotatable bonds is 4. The lowest BCUT2D eigenvalue weighted by atomic mass is 9.84. The second-order valence-electron chi connectivity index (χ2n) is 5.07. The van der Waals surface area contributed by atoms with Crippen molar-refractivity contribution in [2.75, 3.05) is 0 Å². The highest BCUT2D eigenvalue weighted by molar-refractivity contribution is 4.91. The van der Waals surface area contributed by atoms with Crippen molar-refractivity contribution in [2.45, 2.75) is 51.0 Å². The lowest BCUT2D eigenvalue weighted by Crippen LogP contribution is -2.18. The summed E-state index contributed by atoms with van der Waals surface area (Å²) in [4.78, 5) is 0. The molecule has 0 aromatic carbocycles. The molecule has 1 N–H and O–H groups in total. The highest BCUT2D eigenvalue weighted by Gasteiger charge is 2.39. The van der Waals surface area contributed by atoms with Crippen LogP contribution >= 0.6 is 0 Å². The van der Waals surface area contributed by atoms with Crippen LogP contribution in [0, 0.1) is 30.1 Å². The van der Waals surface area contributed by atoms with Gasteiger partial charge in [-0.25, -0.2) is 0 Å². The summed E-state index contributed by atoms with van der Waals surface area (Å²) < 4.78 is 0. The molecule has 0 aromatic rings. The van der Waals surface area contributed by atoms with E-state index in [0.717, 1.165) is 37.0 Å². The molecule has 0 saturated heterocycles. The Balaban J connectivity index is 1.73. The quantitative estimate of drug-likeness (QED) is 0.679. The molecule has 78 valence electrons. The zero-order valence-corrected chi connectivity index (χ0v) is 8.78. The van der Waals surface area contributed by atoms with E-state index in [-0.39, 0.29) is 6.10 Å². The average Bonchev–Trinajstić information content (AvgIpc) is 2.76. The maximum Gasteiger partial charge on any atom is 0.0552 e. The Morgan fingerprint density at radius 1 is 1.36 bits per heavy atom. The van der Waals surface area contributed by atoms with Gasteiger partial charge in [-0.2, -0.15) is 0 Å². The zero-order valence-electron chi connectivity index (χ0n) is 8.78. The fraction of sp³-hybridized carbons (Fsp3) is 0.846. The number of aliphatic hydroxyl groups excluding tert-OH is 1. The van der Waals surface area contributed by atoms with E-state index in [1.165, 1.54) is 25.7 Å². The van der Waals surface area contributed by atoms with Crippen LogP contribution in [0.25, 0.3) is 0 Å². The lowest BCUT2D eigenvalue weighted by molar-refractivity contribution is 0.118. The summed E-state index contributed by atoms with van der Waals surface area (Å²) in [6.45, 7) is 0. The third kappa shape index (κ3) is 2.12. The molecule has 1 nitrogen and oxygen atoms in total. The molecular weight excluding hydrogens is 172 g/mol. The minimum atomic E-state index is -0.143. The van der Waals surface area contributed by atoms with Gasteiger partial charge in [0.1, 0.15) is 0 Å². The predicted molar refractivity (Wildman–Crippen MR) is 57.6 cm³/mol. The summed E-state index contributed by atoms with van der Waals surface area (Å²) in [7, 11) is 0. The van der Waals surface area contributed by atoms with Crippen LogP contribution < -0.4 is 0 Å². The number of fused-ring (bicyclic) bond motifs is 2. The summed E-state index contributed by atoms with van der Waals surface area (Å²) in [6, 6.07) is 0. The van der Waals surface area contributed by atoms with Crippen molar-refractivity contribution in [3.05, 3.63) is 0 Å². The number of hydrogen-bond acceptors (Lipinski definition) is 1. The lowest BCUT2D eigenvalue weighted by Gasteiger charge is -2.23.